The van der Waals surface area contributed by atoms with Crippen LogP contribution in [-0.4, -0.2) is 66.3 Å². The standard InChI is InChI=1S/C16H33N3O/c1-14(2)18-8-5-6-16(12-17,7-9-18)19-10-11-20-15(3,4)13-19/h14H,5-13,17H2,1-4H3. The van der Waals surface area contributed by atoms with Crippen LogP contribution in [0.15, 0.2) is 0 Å². The lowest BCUT2D eigenvalue weighted by Crippen LogP contribution is -2.61. The number of nitrogens with two attached hydrogens (primary N) is 1. The molecule has 2 N–H and O–H groups in total. The molecule has 2 aliphatic rings. The van der Waals surface area contributed by atoms with Crippen LogP contribution in [0.4, 0.5) is 0 Å². The molecule has 0 radical (unpaired) electrons. The second-order valence-corrected chi connectivity index (χ2v) is 7.44. The van der Waals surface area contributed by atoms with Gasteiger partial charge in [-0.1, -0.05) is 0 Å². The van der Waals surface area contributed by atoms with Crippen LogP contribution in [0.5, 0.6) is 0 Å². The molecular formula is C16H33N3O. The molecule has 0 aromatic carbocycles. The lowest BCUT2D eigenvalue weighted by molar-refractivity contribution is -0.118. The smallest absolute Gasteiger partial charge is 0.0753 e. The summed E-state index contributed by atoms with van der Waals surface area (Å²) >= 11 is 0. The van der Waals surface area contributed by atoms with Crippen LogP contribution in [0.2, 0.25) is 0 Å². The van der Waals surface area contributed by atoms with Crippen molar-refractivity contribution in [3.63, 3.8) is 0 Å². The fourth-order valence-electron chi connectivity index (χ4n) is 3.79. The van der Waals surface area contributed by atoms with Crippen LogP contribution in [0.25, 0.3) is 0 Å². The Morgan fingerprint density at radius 2 is 1.90 bits per heavy atom. The number of hydrogen-bond acceptors (Lipinski definition) is 4. The summed E-state index contributed by atoms with van der Waals surface area (Å²) in [7, 11) is 0. The first-order valence-electron chi connectivity index (χ1n) is 8.22. The van der Waals surface area contributed by atoms with Crippen LogP contribution in [0.1, 0.15) is 47.0 Å². The van der Waals surface area contributed by atoms with E-state index in [1.54, 1.807) is 0 Å². The molecule has 2 saturated heterocycles. The Bertz CT molecular complexity index is 319. The minimum atomic E-state index is -0.0372. The van der Waals surface area contributed by atoms with E-state index in [2.05, 4.69) is 37.5 Å². The van der Waals surface area contributed by atoms with Gasteiger partial charge in [-0.3, -0.25) is 4.90 Å². The summed E-state index contributed by atoms with van der Waals surface area (Å²) in [6.07, 6.45) is 3.67. The van der Waals surface area contributed by atoms with Gasteiger partial charge in [0.05, 0.1) is 12.2 Å². The average Bonchev–Trinajstić information content (AvgIpc) is 2.60. The zero-order valence-corrected chi connectivity index (χ0v) is 13.8. The third-order valence-corrected chi connectivity index (χ3v) is 5.16. The van der Waals surface area contributed by atoms with Crippen LogP contribution < -0.4 is 5.73 Å². The van der Waals surface area contributed by atoms with E-state index < -0.39 is 0 Å². The molecule has 0 amide bonds. The van der Waals surface area contributed by atoms with Crippen molar-refractivity contribution in [2.75, 3.05) is 39.3 Å². The van der Waals surface area contributed by atoms with Crippen LogP contribution in [0, 0.1) is 0 Å². The first-order valence-corrected chi connectivity index (χ1v) is 8.22. The monoisotopic (exact) mass is 283 g/mol. The molecule has 118 valence electrons. The maximum Gasteiger partial charge on any atom is 0.0753 e. The summed E-state index contributed by atoms with van der Waals surface area (Å²) < 4.78 is 5.87. The molecule has 1 unspecified atom stereocenters. The van der Waals surface area contributed by atoms with Crippen molar-refractivity contribution in [3.8, 4) is 0 Å². The molecule has 0 bridgehead atoms. The van der Waals surface area contributed by atoms with Gasteiger partial charge in [-0.25, -0.2) is 0 Å². The van der Waals surface area contributed by atoms with Crippen molar-refractivity contribution in [3.05, 3.63) is 0 Å². The van der Waals surface area contributed by atoms with Crippen molar-refractivity contribution < 1.29 is 4.74 Å². The molecule has 1 atom stereocenters. The van der Waals surface area contributed by atoms with Gasteiger partial charge in [0.1, 0.15) is 0 Å². The summed E-state index contributed by atoms with van der Waals surface area (Å²) in [6, 6.07) is 0.643. The van der Waals surface area contributed by atoms with Crippen LogP contribution in [0.3, 0.4) is 0 Å². The van der Waals surface area contributed by atoms with Gasteiger partial charge in [0.25, 0.3) is 0 Å². The summed E-state index contributed by atoms with van der Waals surface area (Å²) in [5.41, 5.74) is 6.40. The van der Waals surface area contributed by atoms with Gasteiger partial charge < -0.3 is 15.4 Å². The summed E-state index contributed by atoms with van der Waals surface area (Å²) in [5, 5.41) is 0. The SMILES string of the molecule is CC(C)N1CCCC(CN)(N2CCOC(C)(C)C2)CC1. The highest BCUT2D eigenvalue weighted by molar-refractivity contribution is 4.98. The highest BCUT2D eigenvalue weighted by Crippen LogP contribution is 2.32. The third-order valence-electron chi connectivity index (χ3n) is 5.16. The predicted octanol–water partition coefficient (Wildman–Crippen LogP) is 1.69. The van der Waals surface area contributed by atoms with Gasteiger partial charge in [-0.2, -0.15) is 0 Å². The highest BCUT2D eigenvalue weighted by atomic mass is 16.5. The second kappa shape index (κ2) is 6.30. The molecule has 20 heavy (non-hydrogen) atoms. The number of nitrogens with zero attached hydrogens (tertiary/aromatic N) is 2. The number of rotatable bonds is 3. The van der Waals surface area contributed by atoms with E-state index in [1.165, 1.54) is 32.4 Å². The topological polar surface area (TPSA) is 41.7 Å². The quantitative estimate of drug-likeness (QED) is 0.856. The predicted molar refractivity (Wildman–Crippen MR) is 83.9 cm³/mol. The summed E-state index contributed by atoms with van der Waals surface area (Å²) in [5.74, 6) is 0. The molecule has 0 aliphatic carbocycles. The maximum atomic E-state index is 6.25. The molecule has 0 saturated carbocycles. The molecule has 2 fully saturated rings. The minimum Gasteiger partial charge on any atom is -0.373 e. The first kappa shape index (κ1) is 16.2. The highest BCUT2D eigenvalue weighted by Gasteiger charge is 2.41. The fourth-order valence-corrected chi connectivity index (χ4v) is 3.79. The Labute approximate surface area is 124 Å². The van der Waals surface area contributed by atoms with Gasteiger partial charge in [0.2, 0.25) is 0 Å². The van der Waals surface area contributed by atoms with E-state index in [9.17, 15) is 0 Å². The van der Waals surface area contributed by atoms with Crippen molar-refractivity contribution in [1.82, 2.24) is 9.80 Å². The number of likely N-dealkylation sites (tertiary alicyclic amines) is 1. The van der Waals surface area contributed by atoms with Gasteiger partial charge in [0, 0.05) is 37.8 Å². The van der Waals surface area contributed by atoms with Crippen LogP contribution >= 0.6 is 0 Å². The zero-order valence-electron chi connectivity index (χ0n) is 13.8. The Hall–Kier alpha value is -0.160. The van der Waals surface area contributed by atoms with Gasteiger partial charge >= 0.3 is 0 Å². The first-order chi connectivity index (χ1) is 9.38. The van der Waals surface area contributed by atoms with Crippen LogP contribution in [-0.2, 0) is 4.74 Å². The molecule has 0 aromatic rings. The van der Waals surface area contributed by atoms with Crippen molar-refractivity contribution in [1.29, 1.82) is 0 Å². The normalized spacial score (nSPS) is 33.3. The molecule has 4 heteroatoms. The lowest BCUT2D eigenvalue weighted by Gasteiger charge is -2.49. The summed E-state index contributed by atoms with van der Waals surface area (Å²) in [6.45, 7) is 15.0. The van der Waals surface area contributed by atoms with Crippen molar-refractivity contribution in [2.45, 2.75) is 64.1 Å². The van der Waals surface area contributed by atoms with E-state index in [4.69, 9.17) is 10.5 Å². The Morgan fingerprint density at radius 1 is 1.15 bits per heavy atom. The van der Waals surface area contributed by atoms with E-state index in [1.807, 2.05) is 0 Å². The number of ether oxygens (including phenoxy) is 1. The zero-order chi connectivity index (χ0) is 14.8. The number of morpholine rings is 1. The van der Waals surface area contributed by atoms with E-state index >= 15 is 0 Å². The second-order valence-electron chi connectivity index (χ2n) is 7.44. The third kappa shape index (κ3) is 3.53. The molecule has 4 nitrogen and oxygen atoms in total. The van der Waals surface area contributed by atoms with Crippen molar-refractivity contribution >= 4 is 0 Å². The Morgan fingerprint density at radius 3 is 2.50 bits per heavy atom. The van der Waals surface area contributed by atoms with E-state index in [0.29, 0.717) is 6.04 Å². The van der Waals surface area contributed by atoms with E-state index in [0.717, 1.165) is 26.2 Å². The summed E-state index contributed by atoms with van der Waals surface area (Å²) in [4.78, 5) is 5.23. The number of hydrogen-bond donors (Lipinski definition) is 1. The van der Waals surface area contributed by atoms with Gasteiger partial charge in [-0.05, 0) is 53.5 Å². The largest absolute Gasteiger partial charge is 0.373 e. The molecule has 0 aromatic heterocycles. The fraction of sp³-hybridized carbons (Fsp3) is 1.00. The maximum absolute atomic E-state index is 6.25. The Balaban J connectivity index is 2.09. The van der Waals surface area contributed by atoms with Crippen molar-refractivity contribution in [2.24, 2.45) is 5.73 Å². The van der Waals surface area contributed by atoms with Gasteiger partial charge in [0.15, 0.2) is 0 Å². The molecule has 2 aliphatic heterocycles. The molecule has 2 heterocycles. The minimum absolute atomic E-state index is 0.0372. The Kier molecular flexibility index (Phi) is 5.11. The molecule has 0 spiro atoms. The van der Waals surface area contributed by atoms with Gasteiger partial charge in [-0.15, -0.1) is 0 Å². The lowest BCUT2D eigenvalue weighted by atomic mass is 9.86. The average molecular weight is 283 g/mol. The van der Waals surface area contributed by atoms with E-state index in [-0.39, 0.29) is 11.1 Å². The molecular weight excluding hydrogens is 250 g/mol. The molecule has 2 rings (SSSR count).